The van der Waals surface area contributed by atoms with Crippen molar-refractivity contribution in [1.82, 2.24) is 10.2 Å². The number of amides is 1. The molecule has 3 aliphatic heterocycles. The maximum Gasteiger partial charge on any atom is 0.275 e. The average molecular weight is 278 g/mol. The Labute approximate surface area is 115 Å². The number of hydrogen-bond acceptors (Lipinski definition) is 7. The van der Waals surface area contributed by atoms with Crippen LogP contribution in [0, 0.1) is 12.3 Å². The molecule has 3 N–H and O–H groups in total. The van der Waals surface area contributed by atoms with E-state index in [-0.39, 0.29) is 25.4 Å². The Morgan fingerprint density at radius 2 is 2.50 bits per heavy atom. The number of terminal acetylenes is 1. The minimum atomic E-state index is -1.29. The molecular formula is C12H14N4O4. The summed E-state index contributed by atoms with van der Waals surface area (Å²) in [4.78, 5) is 21.7. The molecule has 0 radical (unpaired) electrons. The second kappa shape index (κ2) is 4.64. The van der Waals surface area contributed by atoms with E-state index in [9.17, 15) is 9.90 Å². The van der Waals surface area contributed by atoms with Crippen molar-refractivity contribution in [2.45, 2.75) is 30.5 Å². The Hall–Kier alpha value is -1.79. The molecule has 0 aromatic rings. The first-order valence-corrected chi connectivity index (χ1v) is 6.21. The zero-order valence-corrected chi connectivity index (χ0v) is 10.6. The van der Waals surface area contributed by atoms with Crippen LogP contribution in [0.1, 0.15) is 6.42 Å². The van der Waals surface area contributed by atoms with Gasteiger partial charge < -0.3 is 20.3 Å². The summed E-state index contributed by atoms with van der Waals surface area (Å²) in [5.41, 5.74) is -1.15. The fourth-order valence-corrected chi connectivity index (χ4v) is 2.67. The normalized spacial score (nSPS) is 40.1. The number of rotatable bonds is 2. The smallest absolute Gasteiger partial charge is 0.275 e. The molecule has 3 aliphatic rings. The third-order valence-electron chi connectivity index (χ3n) is 3.72. The second-order valence-corrected chi connectivity index (χ2v) is 4.78. The van der Waals surface area contributed by atoms with Crippen LogP contribution in [0.4, 0.5) is 0 Å². The van der Waals surface area contributed by atoms with Crippen LogP contribution in [0.2, 0.25) is 0 Å². The lowest BCUT2D eigenvalue weighted by Crippen LogP contribution is -2.58. The molecule has 0 aromatic heterocycles. The van der Waals surface area contributed by atoms with Crippen molar-refractivity contribution in [2.75, 3.05) is 13.3 Å². The number of nitrogens with zero attached hydrogens (tertiary/aromatic N) is 3. The van der Waals surface area contributed by atoms with Crippen molar-refractivity contribution in [3.63, 3.8) is 0 Å². The summed E-state index contributed by atoms with van der Waals surface area (Å²) in [6.07, 6.45) is 5.08. The summed E-state index contributed by atoms with van der Waals surface area (Å²) >= 11 is 0. The van der Waals surface area contributed by atoms with Crippen molar-refractivity contribution in [2.24, 2.45) is 9.98 Å². The molecule has 20 heavy (non-hydrogen) atoms. The van der Waals surface area contributed by atoms with Crippen molar-refractivity contribution in [3.05, 3.63) is 0 Å². The SMILES string of the molecule is C#CC12N=CNC(=O)C1=NCN2[C@H]1C[C@H](O)[C@@H](CO)O1. The topological polar surface area (TPSA) is 107 Å². The number of aliphatic hydroxyl groups excluding tert-OH is 2. The van der Waals surface area contributed by atoms with Gasteiger partial charge in [0.2, 0.25) is 5.66 Å². The predicted molar refractivity (Wildman–Crippen MR) is 68.7 cm³/mol. The minimum Gasteiger partial charge on any atom is -0.394 e. The van der Waals surface area contributed by atoms with Crippen LogP contribution in [-0.4, -0.2) is 70.4 Å². The van der Waals surface area contributed by atoms with Crippen LogP contribution in [-0.2, 0) is 9.53 Å². The lowest BCUT2D eigenvalue weighted by molar-refractivity contribution is -0.114. The lowest BCUT2D eigenvalue weighted by Gasteiger charge is -2.35. The summed E-state index contributed by atoms with van der Waals surface area (Å²) in [6.45, 7) is -0.133. The van der Waals surface area contributed by atoms with Gasteiger partial charge in [0.1, 0.15) is 12.3 Å². The fraction of sp³-hybridized carbons (Fsp3) is 0.583. The average Bonchev–Trinajstić information content (AvgIpc) is 3.00. The molecule has 8 nitrogen and oxygen atoms in total. The molecular weight excluding hydrogens is 264 g/mol. The number of hydrogen-bond donors (Lipinski definition) is 3. The number of carbonyl (C=O) groups excluding carboxylic acids is 1. The monoisotopic (exact) mass is 278 g/mol. The number of fused-ring (bicyclic) bond motifs is 1. The summed E-state index contributed by atoms with van der Waals surface area (Å²) in [7, 11) is 0. The molecule has 0 saturated carbocycles. The highest BCUT2D eigenvalue weighted by molar-refractivity contribution is 6.46. The van der Waals surface area contributed by atoms with E-state index in [4.69, 9.17) is 16.3 Å². The number of carbonyl (C=O) groups is 1. The van der Waals surface area contributed by atoms with Gasteiger partial charge in [0.05, 0.1) is 25.7 Å². The first-order valence-electron chi connectivity index (χ1n) is 6.21. The van der Waals surface area contributed by atoms with Gasteiger partial charge in [0.25, 0.3) is 5.91 Å². The van der Waals surface area contributed by atoms with Gasteiger partial charge >= 0.3 is 0 Å². The summed E-state index contributed by atoms with van der Waals surface area (Å²) in [5.74, 6) is 2.11. The quantitative estimate of drug-likeness (QED) is 0.491. The maximum atomic E-state index is 11.8. The third-order valence-corrected chi connectivity index (χ3v) is 3.72. The highest BCUT2D eigenvalue weighted by Gasteiger charge is 2.54. The van der Waals surface area contributed by atoms with Crippen LogP contribution < -0.4 is 5.32 Å². The van der Waals surface area contributed by atoms with E-state index in [1.54, 1.807) is 4.90 Å². The Kier molecular flexibility index (Phi) is 3.07. The number of aliphatic imine (C=N–C) groups is 2. The molecule has 0 aromatic carbocycles. The van der Waals surface area contributed by atoms with Crippen molar-refractivity contribution in [1.29, 1.82) is 0 Å². The van der Waals surface area contributed by atoms with E-state index >= 15 is 0 Å². The fourth-order valence-electron chi connectivity index (χ4n) is 2.67. The minimum absolute atomic E-state index is 0.146. The standard InChI is InChI=1S/C12H14N4O4/c1-2-12-10(11(19)13-5-15-12)14-6-16(12)9-3-7(18)8(4-17)20-9/h1,5,7-9,17-18H,3-4,6H2,(H,13,15,19)/t7-,8+,9+,12?/m0/s1. The van der Waals surface area contributed by atoms with Crippen LogP contribution in [0.25, 0.3) is 0 Å². The van der Waals surface area contributed by atoms with Gasteiger partial charge in [0.15, 0.2) is 5.71 Å². The number of ether oxygens (including phenoxy) is 1. The highest BCUT2D eigenvalue weighted by Crippen LogP contribution is 2.34. The van der Waals surface area contributed by atoms with Gasteiger partial charge in [0, 0.05) is 6.42 Å². The first kappa shape index (κ1) is 13.2. The number of aliphatic hydroxyl groups is 2. The molecule has 1 amide bonds. The van der Waals surface area contributed by atoms with Crippen molar-refractivity contribution in [3.8, 4) is 12.3 Å². The largest absolute Gasteiger partial charge is 0.394 e. The second-order valence-electron chi connectivity index (χ2n) is 4.78. The Bertz CT molecular complexity index is 540. The molecule has 1 unspecified atom stereocenters. The van der Waals surface area contributed by atoms with E-state index < -0.39 is 30.0 Å². The van der Waals surface area contributed by atoms with Gasteiger partial charge in [-0.1, -0.05) is 5.92 Å². The zero-order chi connectivity index (χ0) is 14.3. The van der Waals surface area contributed by atoms with Gasteiger partial charge in [-0.15, -0.1) is 6.42 Å². The Morgan fingerprint density at radius 3 is 3.15 bits per heavy atom. The summed E-state index contributed by atoms with van der Waals surface area (Å²) in [5, 5.41) is 21.4. The van der Waals surface area contributed by atoms with Gasteiger partial charge in [-0.3, -0.25) is 9.79 Å². The molecule has 106 valence electrons. The highest BCUT2D eigenvalue weighted by atomic mass is 16.5. The Morgan fingerprint density at radius 1 is 1.70 bits per heavy atom. The zero-order valence-electron chi connectivity index (χ0n) is 10.6. The molecule has 3 heterocycles. The first-order chi connectivity index (χ1) is 9.62. The predicted octanol–water partition coefficient (Wildman–Crippen LogP) is -2.34. The molecule has 1 saturated heterocycles. The summed E-state index contributed by atoms with van der Waals surface area (Å²) in [6, 6.07) is 0. The van der Waals surface area contributed by atoms with E-state index in [1.807, 2.05) is 0 Å². The molecule has 0 bridgehead atoms. The van der Waals surface area contributed by atoms with Crippen molar-refractivity contribution >= 4 is 18.0 Å². The Balaban J connectivity index is 1.90. The molecule has 0 spiro atoms. The molecule has 8 heteroatoms. The molecule has 1 fully saturated rings. The van der Waals surface area contributed by atoms with Gasteiger partial charge in [-0.05, 0) is 0 Å². The van der Waals surface area contributed by atoms with Crippen molar-refractivity contribution < 1.29 is 19.7 Å². The van der Waals surface area contributed by atoms with E-state index in [0.29, 0.717) is 0 Å². The molecule has 4 atom stereocenters. The number of nitrogens with one attached hydrogen (secondary N) is 1. The summed E-state index contributed by atoms with van der Waals surface area (Å²) < 4.78 is 5.57. The van der Waals surface area contributed by atoms with E-state index in [1.165, 1.54) is 6.34 Å². The molecule has 0 aliphatic carbocycles. The van der Waals surface area contributed by atoms with Crippen LogP contribution in [0.15, 0.2) is 9.98 Å². The van der Waals surface area contributed by atoms with Gasteiger partial charge in [-0.2, -0.15) is 0 Å². The van der Waals surface area contributed by atoms with E-state index in [0.717, 1.165) is 0 Å². The molecule has 3 rings (SSSR count). The van der Waals surface area contributed by atoms with Crippen LogP contribution in [0.5, 0.6) is 0 Å². The van der Waals surface area contributed by atoms with E-state index in [2.05, 4.69) is 21.2 Å². The van der Waals surface area contributed by atoms with Crippen LogP contribution in [0.3, 0.4) is 0 Å². The van der Waals surface area contributed by atoms with Crippen LogP contribution >= 0.6 is 0 Å². The van der Waals surface area contributed by atoms with Gasteiger partial charge in [-0.25, -0.2) is 9.89 Å². The maximum absolute atomic E-state index is 11.8. The lowest BCUT2D eigenvalue weighted by atomic mass is 10.0. The third kappa shape index (κ3) is 1.68.